The number of phenols is 2. The molecule has 10 heteroatoms. The zero-order valence-corrected chi connectivity index (χ0v) is 19.3. The number of methoxy groups -OCH3 is 1. The second-order valence-electron chi connectivity index (χ2n) is 6.35. The molecule has 0 aromatic heterocycles. The van der Waals surface area contributed by atoms with Crippen LogP contribution in [0.1, 0.15) is 15.9 Å². The third-order valence-electron chi connectivity index (χ3n) is 4.43. The minimum Gasteiger partial charge on any atom is -0.507 e. The molecule has 0 atom stereocenters. The monoisotopic (exact) mass is 552 g/mol. The number of phenolic OH excluding ortho intramolecular Hbond substituents is 2. The number of halogens is 2. The lowest BCUT2D eigenvalue weighted by Gasteiger charge is -2.26. The Labute approximate surface area is 200 Å². The Bertz CT molecular complexity index is 1140. The maximum atomic E-state index is 13.2. The van der Waals surface area contributed by atoms with Crippen molar-refractivity contribution in [1.29, 1.82) is 0 Å². The summed E-state index contributed by atoms with van der Waals surface area (Å²) in [5.41, 5.74) is 4.11. The van der Waals surface area contributed by atoms with Crippen LogP contribution >= 0.6 is 35.6 Å². The number of amides is 1. The molecule has 3 N–H and O–H groups in total. The van der Waals surface area contributed by atoms with Gasteiger partial charge in [0, 0.05) is 10.6 Å². The lowest BCUT2D eigenvalue weighted by atomic mass is 10.2. The third kappa shape index (κ3) is 4.47. The molecule has 0 bridgehead atoms. The molecule has 160 valence electrons. The molecule has 0 radical (unpaired) electrons. The number of para-hydroxylation sites is 1. The first-order valence-electron chi connectivity index (χ1n) is 8.88. The van der Waals surface area contributed by atoms with Gasteiger partial charge in [-0.15, -0.1) is 39.3 Å². The molecule has 1 aliphatic rings. The van der Waals surface area contributed by atoms with Crippen LogP contribution in [0.2, 0.25) is 5.02 Å². The van der Waals surface area contributed by atoms with Crippen LogP contribution < -0.4 is 15.3 Å². The zero-order chi connectivity index (χ0) is 21.3. The van der Waals surface area contributed by atoms with Crippen LogP contribution in [0.3, 0.4) is 0 Å². The fourth-order valence-electron chi connectivity index (χ4n) is 2.92. The van der Waals surface area contributed by atoms with Crippen molar-refractivity contribution >= 4 is 53.0 Å². The minimum atomic E-state index is -0.528. The van der Waals surface area contributed by atoms with Gasteiger partial charge >= 0.3 is 0 Å². The molecule has 8 nitrogen and oxygen atoms in total. The van der Waals surface area contributed by atoms with E-state index in [9.17, 15) is 15.0 Å². The van der Waals surface area contributed by atoms with Crippen molar-refractivity contribution in [3.05, 3.63) is 82.9 Å². The number of anilines is 1. The predicted octanol–water partition coefficient (Wildman–Crippen LogP) is 4.12. The summed E-state index contributed by atoms with van der Waals surface area (Å²) in [6.45, 7) is 0. The summed E-state index contributed by atoms with van der Waals surface area (Å²) in [6, 6.07) is 17.7. The number of hydrogen-bond donors (Lipinski definition) is 3. The normalized spacial score (nSPS) is 12.6. The van der Waals surface area contributed by atoms with Gasteiger partial charge in [-0.25, -0.2) is 0 Å². The second-order valence-corrected chi connectivity index (χ2v) is 6.78. The topological polar surface area (TPSA) is 97.6 Å². The van der Waals surface area contributed by atoms with Crippen LogP contribution in [-0.2, 0) is 0 Å². The van der Waals surface area contributed by atoms with Gasteiger partial charge in [-0.2, -0.15) is 0 Å². The number of aromatic hydroxyl groups is 2. The SMILES string of the molecule is COc1ccc(C2=NN(c3ccc(Cl)cc3)N(C(=O)c3ccccc3O)N2)cc1O.I. The number of nitrogens with one attached hydrogen (secondary N) is 1. The van der Waals surface area contributed by atoms with E-state index in [0.29, 0.717) is 27.9 Å². The first-order valence-corrected chi connectivity index (χ1v) is 9.26. The van der Waals surface area contributed by atoms with Gasteiger partial charge in [0.05, 0.1) is 18.4 Å². The number of hydrazine groups is 2. The average Bonchev–Trinajstić information content (AvgIpc) is 3.19. The van der Waals surface area contributed by atoms with Gasteiger partial charge in [0.2, 0.25) is 0 Å². The number of hydrazone groups is 1. The number of amidine groups is 1. The van der Waals surface area contributed by atoms with E-state index < -0.39 is 5.91 Å². The summed E-state index contributed by atoms with van der Waals surface area (Å²) < 4.78 is 5.07. The molecule has 4 rings (SSSR count). The molecule has 0 aliphatic carbocycles. The van der Waals surface area contributed by atoms with Crippen LogP contribution in [0.4, 0.5) is 5.69 Å². The van der Waals surface area contributed by atoms with Crippen molar-refractivity contribution in [1.82, 2.24) is 10.5 Å². The Morgan fingerprint density at radius 1 is 1.03 bits per heavy atom. The standard InChI is InChI=1S/C21H17ClN4O4.HI/c1-30-19-11-6-13(12-18(19)28)20-23-25(15-9-7-14(22)8-10-15)26(24-20)21(29)16-4-2-3-5-17(16)27;/h2-12,27-28H,1H3,(H,23,24);1H. The molecule has 1 amide bonds. The van der Waals surface area contributed by atoms with Crippen molar-refractivity contribution in [2.24, 2.45) is 5.10 Å². The van der Waals surface area contributed by atoms with E-state index >= 15 is 0 Å². The highest BCUT2D eigenvalue weighted by atomic mass is 127. The van der Waals surface area contributed by atoms with Crippen molar-refractivity contribution in [2.45, 2.75) is 0 Å². The van der Waals surface area contributed by atoms with Crippen LogP contribution in [0.15, 0.2) is 71.8 Å². The lowest BCUT2D eigenvalue weighted by Crippen LogP contribution is -2.48. The molecule has 3 aromatic rings. The maximum Gasteiger partial charge on any atom is 0.297 e. The fraction of sp³-hybridized carbons (Fsp3) is 0.0476. The smallest absolute Gasteiger partial charge is 0.297 e. The number of carbonyl (C=O) groups excluding carboxylic acids is 1. The summed E-state index contributed by atoms with van der Waals surface area (Å²) in [5, 5.41) is 27.7. The van der Waals surface area contributed by atoms with Crippen molar-refractivity contribution in [3.63, 3.8) is 0 Å². The number of benzene rings is 3. The zero-order valence-electron chi connectivity index (χ0n) is 16.2. The van der Waals surface area contributed by atoms with E-state index in [1.54, 1.807) is 48.5 Å². The van der Waals surface area contributed by atoms with Crippen molar-refractivity contribution in [3.8, 4) is 17.2 Å². The molecule has 0 saturated carbocycles. The van der Waals surface area contributed by atoms with E-state index in [4.69, 9.17) is 16.3 Å². The summed E-state index contributed by atoms with van der Waals surface area (Å²) >= 11 is 5.98. The number of hydrogen-bond acceptors (Lipinski definition) is 7. The van der Waals surface area contributed by atoms with Gasteiger partial charge in [0.15, 0.2) is 17.3 Å². The minimum absolute atomic E-state index is 0. The Morgan fingerprint density at radius 2 is 1.74 bits per heavy atom. The third-order valence-corrected chi connectivity index (χ3v) is 4.68. The summed E-state index contributed by atoms with van der Waals surface area (Å²) in [5.74, 6) is -0.126. The Balaban J connectivity index is 0.00000272. The molecular weight excluding hydrogens is 535 g/mol. The molecule has 0 unspecified atom stereocenters. The highest BCUT2D eigenvalue weighted by Gasteiger charge is 2.32. The number of ether oxygens (including phenoxy) is 1. The largest absolute Gasteiger partial charge is 0.507 e. The molecular formula is C21H18ClIN4O4. The van der Waals surface area contributed by atoms with Crippen LogP contribution in [-0.4, -0.2) is 34.2 Å². The van der Waals surface area contributed by atoms with Crippen LogP contribution in [0.5, 0.6) is 17.2 Å². The van der Waals surface area contributed by atoms with Crippen molar-refractivity contribution in [2.75, 3.05) is 12.2 Å². The van der Waals surface area contributed by atoms with E-state index in [0.717, 1.165) is 5.12 Å². The Hall–Kier alpha value is -3.18. The van der Waals surface area contributed by atoms with Crippen LogP contribution in [0, 0.1) is 0 Å². The molecule has 1 heterocycles. The number of nitrogens with zero attached hydrogens (tertiary/aromatic N) is 3. The molecule has 3 aromatic carbocycles. The quantitative estimate of drug-likeness (QED) is 0.422. The number of rotatable bonds is 4. The first kappa shape index (κ1) is 22.5. The predicted molar refractivity (Wildman–Crippen MR) is 128 cm³/mol. The van der Waals surface area contributed by atoms with Gasteiger partial charge < -0.3 is 14.9 Å². The maximum absolute atomic E-state index is 13.2. The highest BCUT2D eigenvalue weighted by molar-refractivity contribution is 14.0. The van der Waals surface area contributed by atoms with Gasteiger partial charge in [0.1, 0.15) is 5.75 Å². The van der Waals surface area contributed by atoms with E-state index in [1.807, 2.05) is 0 Å². The molecule has 31 heavy (non-hydrogen) atoms. The molecule has 0 spiro atoms. The highest BCUT2D eigenvalue weighted by Crippen LogP contribution is 2.29. The van der Waals surface area contributed by atoms with Crippen molar-refractivity contribution < 1.29 is 19.7 Å². The Morgan fingerprint density at radius 3 is 2.39 bits per heavy atom. The number of carbonyl (C=O) groups is 1. The van der Waals surface area contributed by atoms with Gasteiger partial charge in [0.25, 0.3) is 5.91 Å². The molecule has 0 saturated heterocycles. The lowest BCUT2D eigenvalue weighted by molar-refractivity contribution is 0.0707. The first-order chi connectivity index (χ1) is 14.5. The van der Waals surface area contributed by atoms with Crippen LogP contribution in [0.25, 0.3) is 0 Å². The molecule has 0 fully saturated rings. The van der Waals surface area contributed by atoms with Gasteiger partial charge in [-0.05, 0) is 54.6 Å². The summed E-state index contributed by atoms with van der Waals surface area (Å²) in [4.78, 5) is 13.2. The van der Waals surface area contributed by atoms with E-state index in [-0.39, 0.29) is 41.0 Å². The second kappa shape index (κ2) is 9.31. The molecule has 1 aliphatic heterocycles. The van der Waals surface area contributed by atoms with E-state index in [2.05, 4.69) is 10.5 Å². The Kier molecular flexibility index (Phi) is 6.76. The summed E-state index contributed by atoms with van der Waals surface area (Å²) in [6.07, 6.45) is 0. The van der Waals surface area contributed by atoms with Gasteiger partial charge in [-0.1, -0.05) is 23.7 Å². The summed E-state index contributed by atoms with van der Waals surface area (Å²) in [7, 11) is 1.45. The van der Waals surface area contributed by atoms with Gasteiger partial charge in [-0.3, -0.25) is 10.2 Å². The average molecular weight is 553 g/mol. The van der Waals surface area contributed by atoms with E-state index in [1.165, 1.54) is 30.4 Å². The fourth-order valence-corrected chi connectivity index (χ4v) is 3.05.